The summed E-state index contributed by atoms with van der Waals surface area (Å²) in [6.07, 6.45) is 4.47. The summed E-state index contributed by atoms with van der Waals surface area (Å²) in [5, 5.41) is 0. The highest BCUT2D eigenvalue weighted by Crippen LogP contribution is 2.51. The lowest BCUT2D eigenvalue weighted by Crippen LogP contribution is -2.17. The largest absolute Gasteiger partial charge is 0.474 e. The molecule has 0 aromatic carbocycles. The minimum Gasteiger partial charge on any atom is -0.303 e. The lowest BCUT2D eigenvalue weighted by Gasteiger charge is -2.26. The number of hydrogen-bond donors (Lipinski definition) is 0. The van der Waals surface area contributed by atoms with E-state index in [1.165, 1.54) is 0 Å². The predicted octanol–water partition coefficient (Wildman–Crippen LogP) is 6.90. The van der Waals surface area contributed by atoms with Gasteiger partial charge in [-0.1, -0.05) is 75.2 Å². The molecule has 0 spiro atoms. The maximum absolute atomic E-state index is 12.9. The van der Waals surface area contributed by atoms with Crippen LogP contribution in [-0.2, 0) is 22.9 Å². The van der Waals surface area contributed by atoms with Gasteiger partial charge in [-0.15, -0.1) is 0 Å². The molecule has 3 unspecified atom stereocenters. The Kier molecular flexibility index (Phi) is 16.8. The number of carbonyl (C=O) groups excluding carboxylic acids is 1. The quantitative estimate of drug-likeness (QED) is 0.245. The Morgan fingerprint density at radius 2 is 1.15 bits per heavy atom. The summed E-state index contributed by atoms with van der Waals surface area (Å²) in [4.78, 5) is 9.17. The molecule has 0 aromatic heterocycles. The first-order chi connectivity index (χ1) is 12.4. The van der Waals surface area contributed by atoms with E-state index < -0.39 is 7.82 Å². The van der Waals surface area contributed by atoms with Gasteiger partial charge < -0.3 is 4.79 Å². The van der Waals surface area contributed by atoms with Crippen molar-refractivity contribution in [2.24, 2.45) is 23.2 Å². The molecule has 3 atom stereocenters. The molecule has 27 heavy (non-hydrogen) atoms. The van der Waals surface area contributed by atoms with Gasteiger partial charge in [0.1, 0.15) is 6.29 Å². The number of rotatable bonds is 13. The molecule has 6 heteroatoms. The average molecular weight is 409 g/mol. The normalized spacial score (nSPS) is 17.2. The van der Waals surface area contributed by atoms with Crippen LogP contribution in [0, 0.1) is 23.2 Å². The van der Waals surface area contributed by atoms with E-state index in [2.05, 4.69) is 55.4 Å². The molecule has 0 heterocycles. The first kappa shape index (κ1) is 29.0. The summed E-state index contributed by atoms with van der Waals surface area (Å²) in [6.45, 7) is 20.0. The lowest BCUT2D eigenvalue weighted by atomic mass is 9.86. The molecule has 5 nitrogen and oxygen atoms in total. The molecule has 164 valence electrons. The van der Waals surface area contributed by atoms with Crippen LogP contribution in [0.4, 0.5) is 0 Å². The number of phosphoric acid groups is 1. The fourth-order valence-electron chi connectivity index (χ4n) is 2.11. The van der Waals surface area contributed by atoms with Crippen LogP contribution in [0.2, 0.25) is 0 Å². The maximum Gasteiger partial charge on any atom is 0.474 e. The van der Waals surface area contributed by atoms with E-state index in [4.69, 9.17) is 13.6 Å². The summed E-state index contributed by atoms with van der Waals surface area (Å²) in [6, 6.07) is 0. The van der Waals surface area contributed by atoms with E-state index in [1.807, 2.05) is 6.92 Å². The Labute approximate surface area is 168 Å². The Bertz CT molecular complexity index is 388. The van der Waals surface area contributed by atoms with Crippen LogP contribution in [0.25, 0.3) is 0 Å². The van der Waals surface area contributed by atoms with Crippen LogP contribution in [0.1, 0.15) is 88.0 Å². The molecule has 0 bridgehead atoms. The topological polar surface area (TPSA) is 61.8 Å². The third-order valence-corrected chi connectivity index (χ3v) is 5.47. The van der Waals surface area contributed by atoms with Crippen LogP contribution >= 0.6 is 7.82 Å². The molecule has 0 fully saturated rings. The van der Waals surface area contributed by atoms with Crippen molar-refractivity contribution in [2.75, 3.05) is 19.8 Å². The van der Waals surface area contributed by atoms with Gasteiger partial charge in [0.2, 0.25) is 0 Å². The van der Waals surface area contributed by atoms with Crippen LogP contribution in [-0.4, -0.2) is 26.1 Å². The summed E-state index contributed by atoms with van der Waals surface area (Å²) in [5.41, 5.74) is 0.224. The van der Waals surface area contributed by atoms with E-state index in [9.17, 15) is 9.36 Å². The van der Waals surface area contributed by atoms with Gasteiger partial charge >= 0.3 is 7.82 Å². The Hall–Kier alpha value is -0.220. The minimum absolute atomic E-state index is 0.224. The van der Waals surface area contributed by atoms with Crippen molar-refractivity contribution in [3.05, 3.63) is 0 Å². The first-order valence-electron chi connectivity index (χ1n) is 10.4. The molecule has 0 N–H and O–H groups in total. The molecule has 0 amide bonds. The Morgan fingerprint density at radius 1 is 0.815 bits per heavy atom. The van der Waals surface area contributed by atoms with Crippen molar-refractivity contribution in [2.45, 2.75) is 88.0 Å². The van der Waals surface area contributed by atoms with Gasteiger partial charge in [0, 0.05) is 6.42 Å². The molecule has 0 saturated heterocycles. The fraction of sp³-hybridized carbons (Fsp3) is 0.952. The van der Waals surface area contributed by atoms with Crippen LogP contribution in [0.5, 0.6) is 0 Å². The molecule has 0 radical (unpaired) electrons. The third kappa shape index (κ3) is 18.9. The average Bonchev–Trinajstić information content (AvgIpc) is 2.61. The monoisotopic (exact) mass is 408 g/mol. The molecule has 0 aromatic rings. The Balaban J connectivity index is 0. The molecule has 0 saturated carbocycles. The van der Waals surface area contributed by atoms with Crippen molar-refractivity contribution in [1.29, 1.82) is 0 Å². The minimum atomic E-state index is -3.47. The van der Waals surface area contributed by atoms with Crippen LogP contribution in [0.15, 0.2) is 0 Å². The smallest absolute Gasteiger partial charge is 0.303 e. The predicted molar refractivity (Wildman–Crippen MR) is 114 cm³/mol. The fourth-order valence-corrected chi connectivity index (χ4v) is 3.64. The number of carbonyl (C=O) groups is 1. The third-order valence-electron chi connectivity index (χ3n) is 4.07. The second kappa shape index (κ2) is 15.7. The zero-order valence-corrected chi connectivity index (χ0v) is 20.1. The summed E-state index contributed by atoms with van der Waals surface area (Å²) in [7, 11) is -3.47. The van der Waals surface area contributed by atoms with Gasteiger partial charge in [-0.25, -0.2) is 4.57 Å². The van der Waals surface area contributed by atoms with Crippen LogP contribution < -0.4 is 0 Å². The Morgan fingerprint density at radius 3 is 1.41 bits per heavy atom. The molecule has 0 aliphatic rings. The molecule has 0 aliphatic carbocycles. The zero-order chi connectivity index (χ0) is 21.5. The van der Waals surface area contributed by atoms with E-state index in [-0.39, 0.29) is 5.41 Å². The van der Waals surface area contributed by atoms with Crippen molar-refractivity contribution < 1.29 is 22.9 Å². The van der Waals surface area contributed by atoms with Gasteiger partial charge in [-0.05, 0) is 29.6 Å². The number of hydrogen-bond acceptors (Lipinski definition) is 5. The first-order valence-corrected chi connectivity index (χ1v) is 11.9. The highest BCUT2D eigenvalue weighted by atomic mass is 31.2. The van der Waals surface area contributed by atoms with Gasteiger partial charge in [-0.3, -0.25) is 13.6 Å². The van der Waals surface area contributed by atoms with E-state index >= 15 is 0 Å². The maximum atomic E-state index is 12.9. The lowest BCUT2D eigenvalue weighted by molar-refractivity contribution is -0.107. The number of phosphoric ester groups is 1. The van der Waals surface area contributed by atoms with Gasteiger partial charge in [0.25, 0.3) is 0 Å². The van der Waals surface area contributed by atoms with Crippen molar-refractivity contribution in [3.8, 4) is 0 Å². The summed E-state index contributed by atoms with van der Waals surface area (Å²) < 4.78 is 29.6. The highest BCUT2D eigenvalue weighted by molar-refractivity contribution is 7.48. The van der Waals surface area contributed by atoms with Crippen LogP contribution in [0.3, 0.4) is 0 Å². The molecule has 0 aliphatic heterocycles. The second-order valence-electron chi connectivity index (χ2n) is 8.81. The van der Waals surface area contributed by atoms with Gasteiger partial charge in [0.05, 0.1) is 19.8 Å². The summed E-state index contributed by atoms with van der Waals surface area (Å²) in [5.74, 6) is 0.986. The van der Waals surface area contributed by atoms with Crippen molar-refractivity contribution >= 4 is 14.1 Å². The SMILES string of the molecule is CCC(C)COP(=O)(OCC(C)CC)OCC(C)CC(C)(C)C.CCC=O. The van der Waals surface area contributed by atoms with Gasteiger partial charge in [0.15, 0.2) is 0 Å². The highest BCUT2D eigenvalue weighted by Gasteiger charge is 2.29. The van der Waals surface area contributed by atoms with E-state index in [0.717, 1.165) is 25.5 Å². The zero-order valence-electron chi connectivity index (χ0n) is 19.2. The van der Waals surface area contributed by atoms with Gasteiger partial charge in [-0.2, -0.15) is 0 Å². The van der Waals surface area contributed by atoms with E-state index in [1.54, 1.807) is 0 Å². The second-order valence-corrected chi connectivity index (χ2v) is 10.5. The molecular formula is C21H45O5P. The molecular weight excluding hydrogens is 363 g/mol. The summed E-state index contributed by atoms with van der Waals surface area (Å²) >= 11 is 0. The van der Waals surface area contributed by atoms with Crippen molar-refractivity contribution in [1.82, 2.24) is 0 Å². The standard InChI is InChI=1S/C18H39O4P.C3H6O/c1-9-15(3)12-20-23(19,21-13-16(4)10-2)22-14-17(5)11-18(6,7)8;1-2-3-4/h15-17H,9-14H2,1-8H3;3H,2H2,1H3. The number of aldehydes is 1. The molecule has 0 rings (SSSR count). The van der Waals surface area contributed by atoms with Crippen molar-refractivity contribution in [3.63, 3.8) is 0 Å². The van der Waals surface area contributed by atoms with E-state index in [0.29, 0.717) is 44.0 Å².